The molecule has 2 aromatic rings. The number of benzene rings is 1. The van der Waals surface area contributed by atoms with Gasteiger partial charge in [0.05, 0.1) is 23.0 Å². The maximum atomic E-state index is 13.9. The third-order valence-electron chi connectivity index (χ3n) is 6.56. The summed E-state index contributed by atoms with van der Waals surface area (Å²) in [6.07, 6.45) is -1.15. The number of aromatic nitrogens is 1. The Morgan fingerprint density at radius 3 is 2.88 bits per heavy atom. The van der Waals surface area contributed by atoms with Gasteiger partial charge in [-0.1, -0.05) is 12.1 Å². The molecular formula is C24H25F3N2O5. The summed E-state index contributed by atoms with van der Waals surface area (Å²) in [5.41, 5.74) is -0.746. The largest absolute Gasteiger partial charge is 0.488 e. The van der Waals surface area contributed by atoms with Crippen LogP contribution in [0.25, 0.3) is 0 Å². The molecule has 182 valence electrons. The lowest BCUT2D eigenvalue weighted by atomic mass is 9.82. The quantitative estimate of drug-likeness (QED) is 0.627. The highest BCUT2D eigenvalue weighted by Crippen LogP contribution is 2.44. The van der Waals surface area contributed by atoms with E-state index in [4.69, 9.17) is 21.7 Å². The van der Waals surface area contributed by atoms with Gasteiger partial charge >= 0.3 is 0 Å². The van der Waals surface area contributed by atoms with Crippen LogP contribution < -0.4 is 9.47 Å². The highest BCUT2D eigenvalue weighted by Gasteiger charge is 2.51. The van der Waals surface area contributed by atoms with E-state index in [2.05, 4.69) is 4.98 Å². The minimum absolute atomic E-state index is 0.00695. The van der Waals surface area contributed by atoms with Crippen molar-refractivity contribution >= 4 is 5.91 Å². The van der Waals surface area contributed by atoms with E-state index in [0.717, 1.165) is 0 Å². The number of carbonyl (C=O) groups is 1. The second-order valence-corrected chi connectivity index (χ2v) is 8.84. The minimum Gasteiger partial charge on any atom is -0.488 e. The van der Waals surface area contributed by atoms with Gasteiger partial charge in [-0.25, -0.2) is 18.2 Å². The molecule has 3 heterocycles. The molecule has 34 heavy (non-hydrogen) atoms. The first-order valence-electron chi connectivity index (χ1n) is 12.0. The summed E-state index contributed by atoms with van der Waals surface area (Å²) >= 11 is 0. The van der Waals surface area contributed by atoms with E-state index >= 15 is 0 Å². The number of methoxy groups -OCH3 is 1. The number of ether oxygens (including phenoxy) is 4. The molecule has 1 saturated carbocycles. The van der Waals surface area contributed by atoms with E-state index in [1.807, 2.05) is 0 Å². The maximum Gasteiger partial charge on any atom is 0.272 e. The smallest absolute Gasteiger partial charge is 0.272 e. The molecule has 3 fully saturated rings. The Kier molecular flexibility index (Phi) is 5.27. The molecule has 7 nitrogen and oxygen atoms in total. The van der Waals surface area contributed by atoms with Crippen LogP contribution in [0, 0.1) is 11.7 Å². The van der Waals surface area contributed by atoms with Gasteiger partial charge in [-0.2, -0.15) is 0 Å². The first-order valence-corrected chi connectivity index (χ1v) is 11.0. The number of hydrogen-bond donors (Lipinski definition) is 0. The number of fused-ring (bicyclic) bond motifs is 1. The zero-order chi connectivity index (χ0) is 25.7. The Bertz CT molecular complexity index is 1160. The Morgan fingerprint density at radius 1 is 1.32 bits per heavy atom. The van der Waals surface area contributed by atoms with Gasteiger partial charge in [0.1, 0.15) is 30.0 Å². The van der Waals surface area contributed by atoms with Crippen LogP contribution in [0.3, 0.4) is 0 Å². The van der Waals surface area contributed by atoms with Crippen LogP contribution in [0.4, 0.5) is 13.2 Å². The van der Waals surface area contributed by atoms with Crippen molar-refractivity contribution in [3.63, 3.8) is 0 Å². The maximum absolute atomic E-state index is 13.9. The number of nitrogens with zero attached hydrogens (tertiary/aromatic N) is 2. The Balaban J connectivity index is 1.30. The lowest BCUT2D eigenvalue weighted by molar-refractivity contribution is -0.119. The summed E-state index contributed by atoms with van der Waals surface area (Å²) in [6, 6.07) is 8.69. The second-order valence-electron chi connectivity index (χ2n) is 8.84. The van der Waals surface area contributed by atoms with Crippen LogP contribution in [-0.2, 0) is 15.1 Å². The fourth-order valence-electron chi connectivity index (χ4n) is 4.71. The molecule has 2 aliphatic heterocycles. The number of halogens is 3. The van der Waals surface area contributed by atoms with E-state index in [1.54, 1.807) is 6.07 Å². The van der Waals surface area contributed by atoms with Crippen LogP contribution in [0.15, 0.2) is 36.4 Å². The van der Waals surface area contributed by atoms with Gasteiger partial charge in [-0.05, 0) is 29.8 Å². The third-order valence-corrected chi connectivity index (χ3v) is 6.56. The van der Waals surface area contributed by atoms with Gasteiger partial charge in [0.25, 0.3) is 11.8 Å². The first kappa shape index (κ1) is 20.5. The van der Waals surface area contributed by atoms with Crippen molar-refractivity contribution in [2.45, 2.75) is 36.9 Å². The molecule has 2 atom stereocenters. The number of hydrogen-bond acceptors (Lipinski definition) is 6. The van der Waals surface area contributed by atoms with Crippen LogP contribution in [-0.4, -0.2) is 61.4 Å². The van der Waals surface area contributed by atoms with Crippen molar-refractivity contribution in [1.82, 2.24) is 9.88 Å². The molecule has 10 heteroatoms. The summed E-state index contributed by atoms with van der Waals surface area (Å²) < 4.78 is 78.0. The van der Waals surface area contributed by atoms with Crippen molar-refractivity contribution < 1.29 is 39.7 Å². The van der Waals surface area contributed by atoms with Gasteiger partial charge in [-0.3, -0.25) is 4.79 Å². The predicted octanol–water partition coefficient (Wildman–Crippen LogP) is 3.77. The monoisotopic (exact) mass is 480 g/mol. The topological polar surface area (TPSA) is 70.1 Å². The van der Waals surface area contributed by atoms with Crippen LogP contribution in [0.5, 0.6) is 11.6 Å². The summed E-state index contributed by atoms with van der Waals surface area (Å²) in [5.74, 6) is -3.53. The highest BCUT2D eigenvalue weighted by molar-refractivity contribution is 5.92. The molecular weight excluding hydrogens is 453 g/mol. The Morgan fingerprint density at radius 2 is 2.15 bits per heavy atom. The van der Waals surface area contributed by atoms with E-state index in [0.29, 0.717) is 5.56 Å². The zero-order valence-electron chi connectivity index (χ0n) is 20.4. The summed E-state index contributed by atoms with van der Waals surface area (Å²) in [6.45, 7) is -2.13. The molecule has 1 aromatic heterocycles. The fourth-order valence-corrected chi connectivity index (χ4v) is 4.71. The lowest BCUT2D eigenvalue weighted by Gasteiger charge is -2.41. The first-order chi connectivity index (χ1) is 17.0. The molecule has 0 bridgehead atoms. The van der Waals surface area contributed by atoms with Crippen molar-refractivity contribution in [3.8, 4) is 11.6 Å². The zero-order valence-corrected chi connectivity index (χ0v) is 18.4. The molecule has 3 aliphatic rings. The molecule has 5 rings (SSSR count). The number of alkyl halides is 2. The third kappa shape index (κ3) is 4.20. The average molecular weight is 480 g/mol. The van der Waals surface area contributed by atoms with Gasteiger partial charge in [-0.15, -0.1) is 0 Å². The van der Waals surface area contributed by atoms with Crippen LogP contribution in [0.2, 0.25) is 0 Å². The van der Waals surface area contributed by atoms with E-state index < -0.39 is 36.1 Å². The van der Waals surface area contributed by atoms with Crippen LogP contribution >= 0.6 is 0 Å². The number of likely N-dealkylation sites (tertiary alicyclic amines) is 1. The van der Waals surface area contributed by atoms with E-state index in [9.17, 15) is 18.0 Å². The van der Waals surface area contributed by atoms with Crippen molar-refractivity contribution in [1.29, 1.82) is 0 Å². The average Bonchev–Trinajstić information content (AvgIpc) is 3.11. The standard InChI is InChI=1S/C24H25F3N2O5/c1-31-21-19(32-13-15-10-23(26,27)11-15)6-5-18(28-21)22(30)29-8-7-24(20(12-29)33-14-34-24)16-3-2-4-17(25)9-16/h2-6,9,15,20H,7-8,10-14H2,1H3/t20-,24-/m1/s1/i14D2. The predicted molar refractivity (Wildman–Crippen MR) is 113 cm³/mol. The minimum atomic E-state index is -2.64. The van der Waals surface area contributed by atoms with Crippen molar-refractivity contribution in [3.05, 3.63) is 53.5 Å². The Labute approximate surface area is 197 Å². The number of piperidine rings is 1. The molecule has 1 aromatic carbocycles. The summed E-state index contributed by atoms with van der Waals surface area (Å²) in [7, 11) is 1.36. The molecule has 2 saturated heterocycles. The van der Waals surface area contributed by atoms with Gasteiger partial charge in [0, 0.05) is 31.7 Å². The van der Waals surface area contributed by atoms with Gasteiger partial charge in [0.2, 0.25) is 5.92 Å². The van der Waals surface area contributed by atoms with Crippen molar-refractivity contribution in [2.24, 2.45) is 5.92 Å². The molecule has 0 unspecified atom stereocenters. The van der Waals surface area contributed by atoms with E-state index in [1.165, 1.54) is 42.3 Å². The summed E-state index contributed by atoms with van der Waals surface area (Å²) in [4.78, 5) is 19.0. The van der Waals surface area contributed by atoms with Gasteiger partial charge in [0.15, 0.2) is 5.75 Å². The molecule has 0 N–H and O–H groups in total. The number of carbonyl (C=O) groups excluding carboxylic acids is 1. The summed E-state index contributed by atoms with van der Waals surface area (Å²) in [5, 5.41) is 0. The fraction of sp³-hybridized carbons (Fsp3) is 0.500. The molecule has 1 amide bonds. The number of amides is 1. The molecule has 1 aliphatic carbocycles. The highest BCUT2D eigenvalue weighted by atomic mass is 19.3. The van der Waals surface area contributed by atoms with Gasteiger partial charge < -0.3 is 23.8 Å². The number of rotatable bonds is 6. The van der Waals surface area contributed by atoms with E-state index in [-0.39, 0.29) is 62.2 Å². The van der Waals surface area contributed by atoms with Crippen molar-refractivity contribution in [2.75, 3.05) is 33.6 Å². The number of pyridine rings is 1. The van der Waals surface area contributed by atoms with Crippen LogP contribution in [0.1, 0.15) is 38.1 Å². The molecule has 0 radical (unpaired) electrons. The lowest BCUT2D eigenvalue weighted by Crippen LogP contribution is -2.53. The normalized spacial score (nSPS) is 28.4. The Hall–Kier alpha value is -2.85. The SMILES string of the molecule is [2H]C1([2H])O[C@@H]2CN(C(=O)c3ccc(OCC4CC(F)(F)C4)c(OC)n3)CC[C@]2(c2cccc(F)c2)O1. The second kappa shape index (κ2) is 8.74. The molecule has 0 spiro atoms.